The summed E-state index contributed by atoms with van der Waals surface area (Å²) < 4.78 is 5.29. The lowest BCUT2D eigenvalue weighted by atomic mass is 10.1. The molecule has 0 bridgehead atoms. The van der Waals surface area contributed by atoms with Gasteiger partial charge in [0.15, 0.2) is 0 Å². The van der Waals surface area contributed by atoms with Crippen LogP contribution in [0.5, 0.6) is 5.75 Å². The predicted octanol–water partition coefficient (Wildman–Crippen LogP) is 6.97. The van der Waals surface area contributed by atoms with Gasteiger partial charge in [0.05, 0.1) is 7.11 Å². The first-order valence-electron chi connectivity index (χ1n) is 14.0. The number of benzene rings is 4. The highest BCUT2D eigenvalue weighted by Crippen LogP contribution is 2.37. The van der Waals surface area contributed by atoms with Gasteiger partial charge in [-0.3, -0.25) is 19.4 Å². The van der Waals surface area contributed by atoms with Crippen LogP contribution in [0.3, 0.4) is 0 Å². The minimum absolute atomic E-state index is 0.0507. The lowest BCUT2D eigenvalue weighted by Gasteiger charge is -2.18. The SMILES string of the molecule is COc1cccc(NC(=O)C(Sc2cccc(NC(=O)/C(=C/c3cccnc3)NC(=O)c3ccccc3)c2)c2ccccc2)c1. The highest BCUT2D eigenvalue weighted by atomic mass is 32.2. The fourth-order valence-corrected chi connectivity index (χ4v) is 5.44. The number of aromatic nitrogens is 1. The van der Waals surface area contributed by atoms with Gasteiger partial charge in [-0.05, 0) is 65.7 Å². The van der Waals surface area contributed by atoms with Crippen LogP contribution in [0.2, 0.25) is 0 Å². The molecule has 0 fully saturated rings. The number of amides is 3. The minimum atomic E-state index is -0.588. The molecule has 5 aromatic rings. The van der Waals surface area contributed by atoms with Crippen molar-refractivity contribution in [1.82, 2.24) is 10.3 Å². The number of thioether (sulfide) groups is 1. The number of hydrogen-bond donors (Lipinski definition) is 3. The van der Waals surface area contributed by atoms with E-state index in [0.29, 0.717) is 28.3 Å². The summed E-state index contributed by atoms with van der Waals surface area (Å²) in [7, 11) is 1.57. The number of anilines is 2. The van der Waals surface area contributed by atoms with Gasteiger partial charge >= 0.3 is 0 Å². The smallest absolute Gasteiger partial charge is 0.272 e. The van der Waals surface area contributed by atoms with E-state index in [0.717, 1.165) is 10.5 Å². The molecule has 3 N–H and O–H groups in total. The molecule has 224 valence electrons. The Balaban J connectivity index is 1.36. The molecule has 8 nitrogen and oxygen atoms in total. The number of methoxy groups -OCH3 is 1. The van der Waals surface area contributed by atoms with E-state index >= 15 is 0 Å². The highest BCUT2D eigenvalue weighted by molar-refractivity contribution is 8.00. The second-order valence-corrected chi connectivity index (χ2v) is 11.0. The van der Waals surface area contributed by atoms with Gasteiger partial charge in [-0.15, -0.1) is 11.8 Å². The summed E-state index contributed by atoms with van der Waals surface area (Å²) in [5.41, 5.74) is 3.05. The first kappa shape index (κ1) is 30.8. The number of rotatable bonds is 11. The summed E-state index contributed by atoms with van der Waals surface area (Å²) in [4.78, 5) is 44.9. The summed E-state index contributed by atoms with van der Waals surface area (Å²) in [6, 6.07) is 36.0. The molecular weight excluding hydrogens is 584 g/mol. The Morgan fingerprint density at radius 3 is 2.20 bits per heavy atom. The molecule has 45 heavy (non-hydrogen) atoms. The Hall–Kier alpha value is -5.67. The van der Waals surface area contributed by atoms with E-state index in [1.807, 2.05) is 54.6 Å². The summed E-state index contributed by atoms with van der Waals surface area (Å²) in [6.45, 7) is 0. The van der Waals surface area contributed by atoms with Crippen LogP contribution in [0, 0.1) is 0 Å². The monoisotopic (exact) mass is 614 g/mol. The fourth-order valence-electron chi connectivity index (χ4n) is 4.36. The maximum absolute atomic E-state index is 13.6. The fraction of sp³-hybridized carbons (Fsp3) is 0.0556. The van der Waals surface area contributed by atoms with Crippen molar-refractivity contribution in [3.05, 3.63) is 156 Å². The molecule has 1 aromatic heterocycles. The Kier molecular flexibility index (Phi) is 10.4. The van der Waals surface area contributed by atoms with Crippen LogP contribution < -0.4 is 20.7 Å². The molecule has 0 aliphatic carbocycles. The summed E-state index contributed by atoms with van der Waals surface area (Å²) in [5.74, 6) is -0.505. The zero-order valence-corrected chi connectivity index (χ0v) is 25.2. The minimum Gasteiger partial charge on any atom is -0.497 e. The van der Waals surface area contributed by atoms with Crippen molar-refractivity contribution in [1.29, 1.82) is 0 Å². The summed E-state index contributed by atoms with van der Waals surface area (Å²) >= 11 is 1.35. The topological polar surface area (TPSA) is 109 Å². The Morgan fingerprint density at radius 1 is 0.778 bits per heavy atom. The molecule has 3 amide bonds. The van der Waals surface area contributed by atoms with Gasteiger partial charge in [-0.1, -0.05) is 66.7 Å². The molecule has 1 unspecified atom stereocenters. The molecule has 5 rings (SSSR count). The van der Waals surface area contributed by atoms with Gasteiger partial charge < -0.3 is 20.7 Å². The number of carbonyl (C=O) groups excluding carboxylic acids is 3. The third-order valence-corrected chi connectivity index (χ3v) is 7.80. The zero-order valence-electron chi connectivity index (χ0n) is 24.3. The van der Waals surface area contributed by atoms with Crippen LogP contribution in [-0.2, 0) is 9.59 Å². The van der Waals surface area contributed by atoms with E-state index in [-0.39, 0.29) is 11.6 Å². The standard InChI is InChI=1S/C36H30N4O4S/c1-44-30-18-8-16-28(22-30)39-36(43)33(26-12-4-2-5-13-26)45-31-19-9-17-29(23-31)38-35(42)32(21-25-11-10-20-37-24-25)40-34(41)27-14-6-3-7-15-27/h2-24,33H,1H3,(H,38,42)(H,39,43)(H,40,41)/b32-21-. The average Bonchev–Trinajstić information content (AvgIpc) is 3.08. The van der Waals surface area contributed by atoms with Crippen molar-refractivity contribution in [2.24, 2.45) is 0 Å². The molecule has 0 radical (unpaired) electrons. The van der Waals surface area contributed by atoms with Gasteiger partial charge in [0.25, 0.3) is 11.8 Å². The normalized spacial score (nSPS) is 11.6. The quantitative estimate of drug-likeness (QED) is 0.110. The van der Waals surface area contributed by atoms with E-state index in [1.54, 1.807) is 92.3 Å². The third kappa shape index (κ3) is 8.68. The second kappa shape index (κ2) is 15.2. The Labute approximate surface area is 265 Å². The van der Waals surface area contributed by atoms with E-state index in [9.17, 15) is 14.4 Å². The lowest BCUT2D eigenvalue weighted by molar-refractivity contribution is -0.116. The van der Waals surface area contributed by atoms with Gasteiger partial charge in [0, 0.05) is 40.3 Å². The van der Waals surface area contributed by atoms with Crippen molar-refractivity contribution in [2.45, 2.75) is 10.1 Å². The second-order valence-electron chi connectivity index (χ2n) is 9.78. The highest BCUT2D eigenvalue weighted by Gasteiger charge is 2.23. The van der Waals surface area contributed by atoms with Gasteiger partial charge in [0.2, 0.25) is 5.91 Å². The van der Waals surface area contributed by atoms with Crippen LogP contribution in [0.25, 0.3) is 6.08 Å². The number of hydrogen-bond acceptors (Lipinski definition) is 6. The number of pyridine rings is 1. The molecule has 1 heterocycles. The van der Waals surface area contributed by atoms with Crippen LogP contribution in [0.1, 0.15) is 26.7 Å². The maximum Gasteiger partial charge on any atom is 0.272 e. The first-order chi connectivity index (χ1) is 22.0. The Bertz CT molecular complexity index is 1800. The zero-order chi connectivity index (χ0) is 31.4. The van der Waals surface area contributed by atoms with Crippen molar-refractivity contribution in [2.75, 3.05) is 17.7 Å². The van der Waals surface area contributed by atoms with Gasteiger partial charge in [-0.2, -0.15) is 0 Å². The summed E-state index contributed by atoms with van der Waals surface area (Å²) in [6.07, 6.45) is 4.79. The molecule has 4 aromatic carbocycles. The predicted molar refractivity (Wildman–Crippen MR) is 178 cm³/mol. The first-order valence-corrected chi connectivity index (χ1v) is 14.9. The number of nitrogens with one attached hydrogen (secondary N) is 3. The van der Waals surface area contributed by atoms with Gasteiger partial charge in [-0.25, -0.2) is 0 Å². The largest absolute Gasteiger partial charge is 0.497 e. The molecule has 0 aliphatic heterocycles. The lowest BCUT2D eigenvalue weighted by Crippen LogP contribution is -2.30. The van der Waals surface area contributed by atoms with Crippen LogP contribution in [0.15, 0.2) is 144 Å². The molecular formula is C36H30N4O4S. The van der Waals surface area contributed by atoms with Crippen molar-refractivity contribution >= 4 is 46.9 Å². The van der Waals surface area contributed by atoms with Crippen LogP contribution >= 0.6 is 11.8 Å². The van der Waals surface area contributed by atoms with Crippen LogP contribution in [0.4, 0.5) is 11.4 Å². The van der Waals surface area contributed by atoms with Crippen molar-refractivity contribution < 1.29 is 19.1 Å². The van der Waals surface area contributed by atoms with Crippen molar-refractivity contribution in [3.63, 3.8) is 0 Å². The average molecular weight is 615 g/mol. The molecule has 9 heteroatoms. The molecule has 0 spiro atoms. The Morgan fingerprint density at radius 2 is 1.49 bits per heavy atom. The number of nitrogens with zero attached hydrogens (tertiary/aromatic N) is 1. The van der Waals surface area contributed by atoms with Gasteiger partial charge in [0.1, 0.15) is 16.7 Å². The maximum atomic E-state index is 13.6. The van der Waals surface area contributed by atoms with E-state index in [1.165, 1.54) is 11.8 Å². The van der Waals surface area contributed by atoms with E-state index in [4.69, 9.17) is 4.74 Å². The molecule has 0 saturated carbocycles. The molecule has 0 saturated heterocycles. The third-order valence-electron chi connectivity index (χ3n) is 6.55. The molecule has 1 atom stereocenters. The number of ether oxygens (including phenoxy) is 1. The van der Waals surface area contributed by atoms with Crippen LogP contribution in [-0.4, -0.2) is 29.8 Å². The van der Waals surface area contributed by atoms with Crippen molar-refractivity contribution in [3.8, 4) is 5.75 Å². The number of carbonyl (C=O) groups is 3. The van der Waals surface area contributed by atoms with E-state index in [2.05, 4.69) is 20.9 Å². The molecule has 0 aliphatic rings. The van der Waals surface area contributed by atoms with E-state index < -0.39 is 17.1 Å². The summed E-state index contributed by atoms with van der Waals surface area (Å²) in [5, 5.41) is 8.02.